The van der Waals surface area contributed by atoms with Crippen LogP contribution < -0.4 is 15.2 Å². The predicted molar refractivity (Wildman–Crippen MR) is 83.8 cm³/mol. The Morgan fingerprint density at radius 1 is 1.23 bits per heavy atom. The van der Waals surface area contributed by atoms with Crippen molar-refractivity contribution in [2.24, 2.45) is 0 Å². The molecule has 2 aromatic heterocycles. The van der Waals surface area contributed by atoms with Gasteiger partial charge in [-0.15, -0.1) is 0 Å². The maximum atomic E-state index is 10.6. The second-order valence-corrected chi connectivity index (χ2v) is 5.52. The Morgan fingerprint density at radius 3 is 2.38 bits per heavy atom. The van der Waals surface area contributed by atoms with Gasteiger partial charge in [-0.1, -0.05) is 6.42 Å². The van der Waals surface area contributed by atoms with Gasteiger partial charge in [0.25, 0.3) is 6.01 Å². The fourth-order valence-electron chi connectivity index (χ4n) is 2.36. The van der Waals surface area contributed by atoms with Gasteiger partial charge in [0.2, 0.25) is 0 Å². The summed E-state index contributed by atoms with van der Waals surface area (Å²) in [5.41, 5.74) is 6.92. The normalized spacial score (nSPS) is 15.2. The molecule has 2 heterocycles. The Morgan fingerprint density at radius 2 is 1.85 bits per heavy atom. The number of halogens is 3. The van der Waals surface area contributed by atoms with Crippen LogP contribution in [0, 0.1) is 0 Å². The van der Waals surface area contributed by atoms with Crippen LogP contribution in [0.5, 0.6) is 12.0 Å². The van der Waals surface area contributed by atoms with Crippen molar-refractivity contribution < 1.29 is 32.5 Å². The molecule has 0 bridgehead atoms. The summed E-state index contributed by atoms with van der Waals surface area (Å²) < 4.78 is 42.5. The van der Waals surface area contributed by atoms with E-state index in [2.05, 4.69) is 19.9 Å². The van der Waals surface area contributed by atoms with E-state index in [0.717, 1.165) is 12.8 Å². The number of hydrogen-bond donors (Lipinski definition) is 3. The number of nitrogens with two attached hydrogens (primary N) is 1. The maximum Gasteiger partial charge on any atom is 0.490 e. The van der Waals surface area contributed by atoms with Gasteiger partial charge in [0.15, 0.2) is 11.5 Å². The smallest absolute Gasteiger partial charge is 0.475 e. The summed E-state index contributed by atoms with van der Waals surface area (Å²) in [4.78, 5) is 24.4. The number of fused-ring (bicyclic) bond motifs is 1. The van der Waals surface area contributed by atoms with E-state index in [4.69, 9.17) is 25.1 Å². The van der Waals surface area contributed by atoms with Gasteiger partial charge in [0.05, 0.1) is 7.11 Å². The zero-order chi connectivity index (χ0) is 19.3. The summed E-state index contributed by atoms with van der Waals surface area (Å²) in [5, 5.41) is 7.12. The molecule has 0 aromatic carbocycles. The third kappa shape index (κ3) is 5.10. The lowest BCUT2D eigenvalue weighted by Gasteiger charge is -2.21. The SMILES string of the molecule is COc1nc2nc(OC3CCCCC3)nc(N)c2[nH]1.O=C(O)C(F)(F)F. The second-order valence-electron chi connectivity index (χ2n) is 5.52. The number of carboxylic acid groups (broad SMARTS) is 1. The molecule has 0 spiro atoms. The standard InChI is InChI=1S/C12H17N5O2.C2HF3O2/c1-18-11-14-8-9(13)15-12(17-10(8)16-11)19-7-5-3-2-4-6-7;3-2(4,5)1(6)7/h7H,2-6H2,1H3,(H3,13,14,15,16,17);(H,6,7). The van der Waals surface area contributed by atoms with E-state index in [1.807, 2.05) is 0 Å². The number of hydrogen-bond acceptors (Lipinski definition) is 7. The van der Waals surface area contributed by atoms with Crippen LogP contribution in [0.4, 0.5) is 19.0 Å². The molecule has 4 N–H and O–H groups in total. The molecule has 26 heavy (non-hydrogen) atoms. The summed E-state index contributed by atoms with van der Waals surface area (Å²) in [6.45, 7) is 0. The van der Waals surface area contributed by atoms with E-state index >= 15 is 0 Å². The zero-order valence-electron chi connectivity index (χ0n) is 13.8. The van der Waals surface area contributed by atoms with Crippen molar-refractivity contribution in [2.45, 2.75) is 44.4 Å². The number of ether oxygens (including phenoxy) is 2. The Hall–Kier alpha value is -2.79. The highest BCUT2D eigenvalue weighted by atomic mass is 19.4. The Bertz CT molecular complexity index is 759. The molecule has 0 radical (unpaired) electrons. The van der Waals surface area contributed by atoms with Gasteiger partial charge in [-0.2, -0.15) is 28.1 Å². The summed E-state index contributed by atoms with van der Waals surface area (Å²) in [6, 6.07) is 0.664. The van der Waals surface area contributed by atoms with Crippen LogP contribution in [0.1, 0.15) is 32.1 Å². The Kier molecular flexibility index (Phi) is 6.05. The van der Waals surface area contributed by atoms with Crippen LogP contribution in [0.3, 0.4) is 0 Å². The molecule has 0 saturated heterocycles. The van der Waals surface area contributed by atoms with Gasteiger partial charge >= 0.3 is 18.2 Å². The highest BCUT2D eigenvalue weighted by molar-refractivity contribution is 5.82. The van der Waals surface area contributed by atoms with E-state index in [0.29, 0.717) is 29.0 Å². The number of rotatable bonds is 3. The van der Waals surface area contributed by atoms with Gasteiger partial charge in [0, 0.05) is 0 Å². The lowest BCUT2D eigenvalue weighted by molar-refractivity contribution is -0.192. The van der Waals surface area contributed by atoms with Crippen molar-refractivity contribution in [3.8, 4) is 12.0 Å². The van der Waals surface area contributed by atoms with E-state index < -0.39 is 12.1 Å². The monoisotopic (exact) mass is 377 g/mol. The fourth-order valence-corrected chi connectivity index (χ4v) is 2.36. The number of nitrogens with one attached hydrogen (secondary N) is 1. The maximum absolute atomic E-state index is 10.6. The number of nitrogens with zero attached hydrogens (tertiary/aromatic N) is 3. The number of methoxy groups -OCH3 is 1. The first kappa shape index (κ1) is 19.5. The largest absolute Gasteiger partial charge is 0.490 e. The highest BCUT2D eigenvalue weighted by Gasteiger charge is 2.38. The average molecular weight is 377 g/mol. The number of anilines is 1. The molecule has 0 atom stereocenters. The number of H-pyrrole nitrogens is 1. The van der Waals surface area contributed by atoms with E-state index in [1.165, 1.54) is 26.4 Å². The number of aromatic nitrogens is 4. The topological polar surface area (TPSA) is 136 Å². The molecule has 9 nitrogen and oxygen atoms in total. The summed E-state index contributed by atoms with van der Waals surface area (Å²) >= 11 is 0. The van der Waals surface area contributed by atoms with Crippen LogP contribution in [0.15, 0.2) is 0 Å². The minimum atomic E-state index is -5.08. The number of carbonyl (C=O) groups is 1. The highest BCUT2D eigenvalue weighted by Crippen LogP contribution is 2.25. The number of imidazole rings is 1. The molecule has 12 heteroatoms. The van der Waals surface area contributed by atoms with E-state index in [9.17, 15) is 13.2 Å². The molecule has 0 unspecified atom stereocenters. The van der Waals surface area contributed by atoms with Gasteiger partial charge in [-0.05, 0) is 25.7 Å². The van der Waals surface area contributed by atoms with Crippen LogP contribution in [0.2, 0.25) is 0 Å². The van der Waals surface area contributed by atoms with Crippen molar-refractivity contribution in [3.05, 3.63) is 0 Å². The van der Waals surface area contributed by atoms with Crippen LogP contribution in [-0.2, 0) is 4.79 Å². The number of alkyl halides is 3. The molecular formula is C14H18F3N5O4. The first-order valence-electron chi connectivity index (χ1n) is 7.74. The number of carboxylic acids is 1. The molecule has 144 valence electrons. The predicted octanol–water partition coefficient (Wildman–Crippen LogP) is 2.29. The molecule has 0 aliphatic heterocycles. The average Bonchev–Trinajstić information content (AvgIpc) is 2.99. The molecule has 1 saturated carbocycles. The van der Waals surface area contributed by atoms with Gasteiger partial charge in [0.1, 0.15) is 11.6 Å². The molecule has 1 aliphatic carbocycles. The third-order valence-corrected chi connectivity index (χ3v) is 3.60. The lowest BCUT2D eigenvalue weighted by atomic mass is 9.98. The minimum Gasteiger partial charge on any atom is -0.475 e. The second kappa shape index (κ2) is 8.06. The first-order chi connectivity index (χ1) is 12.2. The van der Waals surface area contributed by atoms with Gasteiger partial charge in [-0.3, -0.25) is 0 Å². The Balaban J connectivity index is 0.000000298. The van der Waals surface area contributed by atoms with Crippen molar-refractivity contribution in [3.63, 3.8) is 0 Å². The van der Waals surface area contributed by atoms with Crippen molar-refractivity contribution >= 4 is 23.0 Å². The van der Waals surface area contributed by atoms with E-state index in [-0.39, 0.29) is 6.10 Å². The molecule has 3 rings (SSSR count). The molecular weight excluding hydrogens is 359 g/mol. The minimum absolute atomic E-state index is 0.187. The molecule has 2 aromatic rings. The molecule has 1 aliphatic rings. The molecule has 1 fully saturated rings. The van der Waals surface area contributed by atoms with Crippen molar-refractivity contribution in [2.75, 3.05) is 12.8 Å². The fraction of sp³-hybridized carbons (Fsp3) is 0.571. The van der Waals surface area contributed by atoms with Crippen molar-refractivity contribution in [1.29, 1.82) is 0 Å². The summed E-state index contributed by atoms with van der Waals surface area (Å²) in [5.74, 6) is -2.43. The summed E-state index contributed by atoms with van der Waals surface area (Å²) in [6.07, 6.45) is 0.859. The quantitative estimate of drug-likeness (QED) is 0.741. The third-order valence-electron chi connectivity index (χ3n) is 3.60. The number of aromatic amines is 1. The van der Waals surface area contributed by atoms with Gasteiger partial charge in [-0.25, -0.2) is 4.79 Å². The van der Waals surface area contributed by atoms with Crippen molar-refractivity contribution in [1.82, 2.24) is 19.9 Å². The number of nitrogen functional groups attached to an aromatic ring is 1. The first-order valence-corrected chi connectivity index (χ1v) is 7.74. The zero-order valence-corrected chi connectivity index (χ0v) is 13.8. The lowest BCUT2D eigenvalue weighted by Crippen LogP contribution is -2.21. The van der Waals surface area contributed by atoms with E-state index in [1.54, 1.807) is 0 Å². The molecule has 0 amide bonds. The van der Waals surface area contributed by atoms with Crippen LogP contribution >= 0.6 is 0 Å². The number of aliphatic carboxylic acids is 1. The van der Waals surface area contributed by atoms with Crippen LogP contribution in [0.25, 0.3) is 11.2 Å². The summed E-state index contributed by atoms with van der Waals surface area (Å²) in [7, 11) is 1.53. The van der Waals surface area contributed by atoms with Crippen LogP contribution in [-0.4, -0.2) is 50.4 Å². The Labute approximate surface area is 145 Å². The van der Waals surface area contributed by atoms with Gasteiger partial charge < -0.3 is 25.3 Å².